The second kappa shape index (κ2) is 4.28. The van der Waals surface area contributed by atoms with Crippen molar-refractivity contribution in [1.29, 1.82) is 0 Å². The normalized spacial score (nSPS) is 11.5. The fourth-order valence-electron chi connectivity index (χ4n) is 0.979. The summed E-state index contributed by atoms with van der Waals surface area (Å²) in [5.74, 6) is -0.430. The van der Waals surface area contributed by atoms with Crippen LogP contribution in [0.25, 0.3) is 0 Å². The summed E-state index contributed by atoms with van der Waals surface area (Å²) < 4.78 is 39.5. The molecule has 3 N–H and O–H groups in total. The lowest BCUT2D eigenvalue weighted by atomic mass is 10.2. The molecular weight excluding hydrogens is 279 g/mol. The molecule has 0 atom stereocenters. The summed E-state index contributed by atoms with van der Waals surface area (Å²) in [4.78, 5) is 0. The molecule has 84 valence electrons. The number of halogens is 4. The number of aliphatic hydroxyl groups excluding tert-OH is 1. The van der Waals surface area contributed by atoms with E-state index in [1.165, 1.54) is 6.07 Å². The van der Waals surface area contributed by atoms with Gasteiger partial charge in [-0.2, -0.15) is 0 Å². The summed E-state index contributed by atoms with van der Waals surface area (Å²) in [7, 11) is 0. The molecule has 1 rings (SSSR count). The topological polar surface area (TPSA) is 55.5 Å². The van der Waals surface area contributed by atoms with Gasteiger partial charge in [0, 0.05) is 11.3 Å². The number of anilines is 1. The first-order chi connectivity index (χ1) is 6.85. The summed E-state index contributed by atoms with van der Waals surface area (Å²) >= 11 is 2.88. The molecule has 0 amide bonds. The SMILES string of the molecule is Nc1ccc(OC(F)(F)F)c(Br)c1CO. The zero-order chi connectivity index (χ0) is 11.6. The Labute approximate surface area is 91.8 Å². The van der Waals surface area contributed by atoms with Gasteiger partial charge in [0.1, 0.15) is 5.75 Å². The highest BCUT2D eigenvalue weighted by molar-refractivity contribution is 9.10. The summed E-state index contributed by atoms with van der Waals surface area (Å²) in [6, 6.07) is 2.31. The molecule has 1 aromatic rings. The highest BCUT2D eigenvalue weighted by atomic mass is 79.9. The van der Waals surface area contributed by atoms with Gasteiger partial charge in [-0.3, -0.25) is 0 Å². The number of ether oxygens (including phenoxy) is 1. The van der Waals surface area contributed by atoms with Crippen molar-refractivity contribution in [3.8, 4) is 5.75 Å². The molecule has 1 aromatic carbocycles. The molecule has 0 heterocycles. The van der Waals surface area contributed by atoms with E-state index in [1.807, 2.05) is 0 Å². The molecule has 7 heteroatoms. The molecule has 3 nitrogen and oxygen atoms in total. The summed E-state index contributed by atoms with van der Waals surface area (Å²) in [6.07, 6.45) is -4.77. The Kier molecular flexibility index (Phi) is 3.46. The first-order valence-corrected chi connectivity index (χ1v) is 4.58. The van der Waals surface area contributed by atoms with Gasteiger partial charge in [-0.15, -0.1) is 13.2 Å². The Morgan fingerprint density at radius 1 is 1.40 bits per heavy atom. The van der Waals surface area contributed by atoms with Crippen LogP contribution in [0.5, 0.6) is 5.75 Å². The van der Waals surface area contributed by atoms with Crippen LogP contribution in [0.2, 0.25) is 0 Å². The minimum Gasteiger partial charge on any atom is -0.405 e. The molecule has 0 saturated heterocycles. The van der Waals surface area contributed by atoms with Crippen LogP contribution in [0.15, 0.2) is 16.6 Å². The predicted molar refractivity (Wildman–Crippen MR) is 51.2 cm³/mol. The third kappa shape index (κ3) is 3.00. The van der Waals surface area contributed by atoms with E-state index < -0.39 is 18.7 Å². The Hall–Kier alpha value is -0.950. The minimum atomic E-state index is -4.77. The predicted octanol–water partition coefficient (Wildman–Crippen LogP) is 2.42. The molecule has 0 saturated carbocycles. The molecular formula is C8H7BrF3NO2. The van der Waals surface area contributed by atoms with Crippen LogP contribution in [-0.4, -0.2) is 11.5 Å². The van der Waals surface area contributed by atoms with E-state index in [0.717, 1.165) is 6.07 Å². The number of alkyl halides is 3. The summed E-state index contributed by atoms with van der Waals surface area (Å²) in [5.41, 5.74) is 5.79. The number of hydrogen-bond donors (Lipinski definition) is 2. The smallest absolute Gasteiger partial charge is 0.405 e. The van der Waals surface area contributed by atoms with E-state index in [4.69, 9.17) is 10.8 Å². The molecule has 0 aromatic heterocycles. The van der Waals surface area contributed by atoms with E-state index in [2.05, 4.69) is 20.7 Å². The highest BCUT2D eigenvalue weighted by Crippen LogP contribution is 2.35. The third-order valence-electron chi connectivity index (χ3n) is 1.63. The van der Waals surface area contributed by atoms with Crippen molar-refractivity contribution >= 4 is 21.6 Å². The largest absolute Gasteiger partial charge is 0.573 e. The van der Waals surface area contributed by atoms with Crippen LogP contribution in [-0.2, 0) is 6.61 Å². The second-order valence-electron chi connectivity index (χ2n) is 2.65. The molecule has 0 aliphatic heterocycles. The first kappa shape index (κ1) is 12.1. The van der Waals surface area contributed by atoms with Gasteiger partial charge in [-0.05, 0) is 28.1 Å². The van der Waals surface area contributed by atoms with Crippen LogP contribution in [0.3, 0.4) is 0 Å². The van der Waals surface area contributed by atoms with Gasteiger partial charge in [-0.25, -0.2) is 0 Å². The van der Waals surface area contributed by atoms with Crippen molar-refractivity contribution in [3.05, 3.63) is 22.2 Å². The van der Waals surface area contributed by atoms with Gasteiger partial charge in [0.25, 0.3) is 0 Å². The van der Waals surface area contributed by atoms with Gasteiger partial charge in [-0.1, -0.05) is 0 Å². The monoisotopic (exact) mass is 285 g/mol. The standard InChI is InChI=1S/C8H7BrF3NO2/c9-7-4(3-14)5(13)1-2-6(7)15-8(10,11)12/h1-2,14H,3,13H2. The van der Waals surface area contributed by atoms with E-state index in [1.54, 1.807) is 0 Å². The Morgan fingerprint density at radius 2 is 2.00 bits per heavy atom. The Morgan fingerprint density at radius 3 is 2.47 bits per heavy atom. The lowest BCUT2D eigenvalue weighted by molar-refractivity contribution is -0.274. The minimum absolute atomic E-state index is 0.00215. The highest BCUT2D eigenvalue weighted by Gasteiger charge is 2.32. The number of benzene rings is 1. The van der Waals surface area contributed by atoms with Gasteiger partial charge < -0.3 is 15.6 Å². The van der Waals surface area contributed by atoms with Gasteiger partial charge in [0.05, 0.1) is 11.1 Å². The number of nitrogen functional groups attached to an aromatic ring is 1. The van der Waals surface area contributed by atoms with Gasteiger partial charge >= 0.3 is 6.36 Å². The van der Waals surface area contributed by atoms with Gasteiger partial charge in [0.2, 0.25) is 0 Å². The average molecular weight is 286 g/mol. The maximum absolute atomic E-state index is 11.9. The van der Waals surface area contributed by atoms with Crippen molar-refractivity contribution in [2.75, 3.05) is 5.73 Å². The number of rotatable bonds is 2. The van der Waals surface area contributed by atoms with Crippen LogP contribution >= 0.6 is 15.9 Å². The van der Waals surface area contributed by atoms with E-state index in [0.29, 0.717) is 0 Å². The van der Waals surface area contributed by atoms with Crippen molar-refractivity contribution < 1.29 is 23.0 Å². The van der Waals surface area contributed by atoms with Crippen molar-refractivity contribution in [2.24, 2.45) is 0 Å². The Bertz CT molecular complexity index is 368. The van der Waals surface area contributed by atoms with Crippen LogP contribution in [0.1, 0.15) is 5.56 Å². The lowest BCUT2D eigenvalue weighted by Gasteiger charge is -2.13. The van der Waals surface area contributed by atoms with Crippen LogP contribution in [0, 0.1) is 0 Å². The molecule has 0 bridgehead atoms. The van der Waals surface area contributed by atoms with E-state index >= 15 is 0 Å². The maximum atomic E-state index is 11.9. The molecule has 0 spiro atoms. The lowest BCUT2D eigenvalue weighted by Crippen LogP contribution is -2.17. The molecule has 0 aliphatic rings. The number of nitrogens with two attached hydrogens (primary N) is 1. The number of hydrogen-bond acceptors (Lipinski definition) is 3. The fraction of sp³-hybridized carbons (Fsp3) is 0.250. The molecule has 0 aliphatic carbocycles. The average Bonchev–Trinajstić information content (AvgIpc) is 2.09. The van der Waals surface area contributed by atoms with Crippen molar-refractivity contribution in [1.82, 2.24) is 0 Å². The van der Waals surface area contributed by atoms with Crippen molar-refractivity contribution in [2.45, 2.75) is 13.0 Å². The quantitative estimate of drug-likeness (QED) is 0.821. The third-order valence-corrected chi connectivity index (χ3v) is 2.50. The summed E-state index contributed by atoms with van der Waals surface area (Å²) in [6.45, 7) is -0.471. The van der Waals surface area contributed by atoms with Crippen LogP contribution in [0.4, 0.5) is 18.9 Å². The van der Waals surface area contributed by atoms with Crippen molar-refractivity contribution in [3.63, 3.8) is 0 Å². The fourth-order valence-corrected chi connectivity index (χ4v) is 1.55. The zero-order valence-electron chi connectivity index (χ0n) is 7.31. The first-order valence-electron chi connectivity index (χ1n) is 3.78. The molecule has 0 unspecified atom stereocenters. The van der Waals surface area contributed by atoms with E-state index in [-0.39, 0.29) is 15.7 Å². The molecule has 0 fully saturated rings. The summed E-state index contributed by atoms with van der Waals surface area (Å²) in [5, 5.41) is 8.88. The maximum Gasteiger partial charge on any atom is 0.573 e. The van der Waals surface area contributed by atoms with Gasteiger partial charge in [0.15, 0.2) is 0 Å². The second-order valence-corrected chi connectivity index (χ2v) is 3.44. The number of aliphatic hydroxyl groups is 1. The Balaban J connectivity index is 3.11. The zero-order valence-corrected chi connectivity index (χ0v) is 8.89. The molecule has 0 radical (unpaired) electrons. The van der Waals surface area contributed by atoms with E-state index in [9.17, 15) is 13.2 Å². The molecule has 15 heavy (non-hydrogen) atoms. The van der Waals surface area contributed by atoms with Crippen LogP contribution < -0.4 is 10.5 Å².